The number of carboxylic acids is 1. The molecule has 0 saturated carbocycles. The van der Waals surface area contributed by atoms with Gasteiger partial charge in [-0.1, -0.05) is 63.9 Å². The number of hydrogen-bond donors (Lipinski definition) is 3. The van der Waals surface area contributed by atoms with Gasteiger partial charge in [0.05, 0.1) is 12.2 Å². The average Bonchev–Trinajstić information content (AvgIpc) is 2.65. The van der Waals surface area contributed by atoms with Crippen molar-refractivity contribution in [1.29, 1.82) is 0 Å². The fourth-order valence-corrected chi connectivity index (χ4v) is 3.43. The summed E-state index contributed by atoms with van der Waals surface area (Å²) >= 11 is 0. The molecule has 1 aliphatic rings. The van der Waals surface area contributed by atoms with Crippen molar-refractivity contribution in [3.63, 3.8) is 0 Å². The molecule has 4 unspecified atom stereocenters. The van der Waals surface area contributed by atoms with Crippen molar-refractivity contribution in [3.8, 4) is 0 Å². The van der Waals surface area contributed by atoms with Crippen molar-refractivity contribution in [2.24, 2.45) is 0 Å². The molecule has 1 rings (SSSR count). The molecule has 0 radical (unpaired) electrons. The van der Waals surface area contributed by atoms with E-state index in [4.69, 9.17) is 14.6 Å². The molecule has 3 N–H and O–H groups in total. The van der Waals surface area contributed by atoms with Gasteiger partial charge >= 0.3 is 5.97 Å². The van der Waals surface area contributed by atoms with Crippen LogP contribution in [0.1, 0.15) is 90.4 Å². The Morgan fingerprint density at radius 2 is 1.46 bits per heavy atom. The van der Waals surface area contributed by atoms with Crippen LogP contribution in [-0.4, -0.2) is 52.5 Å². The van der Waals surface area contributed by atoms with Gasteiger partial charge in [-0.3, -0.25) is 0 Å². The van der Waals surface area contributed by atoms with Gasteiger partial charge in [-0.25, -0.2) is 4.79 Å². The van der Waals surface area contributed by atoms with Crippen LogP contribution in [-0.2, 0) is 14.3 Å². The first-order valence-electron chi connectivity index (χ1n) is 11.0. The van der Waals surface area contributed by atoms with Gasteiger partial charge in [0, 0.05) is 19.1 Å². The first kappa shape index (κ1) is 25.1. The smallest absolute Gasteiger partial charge is 0.327 e. The second-order valence-corrected chi connectivity index (χ2v) is 7.87. The van der Waals surface area contributed by atoms with E-state index in [0.717, 1.165) is 25.7 Å². The van der Waals surface area contributed by atoms with Crippen molar-refractivity contribution in [1.82, 2.24) is 0 Å². The van der Waals surface area contributed by atoms with E-state index in [1.54, 1.807) is 13.0 Å². The summed E-state index contributed by atoms with van der Waals surface area (Å²) in [4.78, 5) is 10.3. The lowest BCUT2D eigenvalue weighted by molar-refractivity contribution is -0.261. The second kappa shape index (κ2) is 15.9. The lowest BCUT2D eigenvalue weighted by Crippen LogP contribution is -2.47. The molecule has 1 aliphatic heterocycles. The number of aliphatic carboxylic acids is 1. The van der Waals surface area contributed by atoms with Gasteiger partial charge in [-0.15, -0.1) is 0 Å². The zero-order valence-corrected chi connectivity index (χ0v) is 17.4. The molecule has 6 nitrogen and oxygen atoms in total. The first-order valence-corrected chi connectivity index (χ1v) is 11.0. The van der Waals surface area contributed by atoms with Crippen LogP contribution in [0.5, 0.6) is 0 Å². The summed E-state index contributed by atoms with van der Waals surface area (Å²) in [6.45, 7) is 2.39. The standard InChI is InChI=1S/C22H40O6/c1-18-19(23)17-20(24)22(28-18)27-16-14-12-10-8-6-4-2-3-5-7-9-11-13-15-21(25)26/h13,15,18-20,22-24H,2-12,14,16-17H2,1H3,(H,25,26). The second-order valence-electron chi connectivity index (χ2n) is 7.87. The van der Waals surface area contributed by atoms with E-state index in [0.29, 0.717) is 13.0 Å². The van der Waals surface area contributed by atoms with Crippen LogP contribution in [0.2, 0.25) is 0 Å². The lowest BCUT2D eigenvalue weighted by Gasteiger charge is -2.35. The van der Waals surface area contributed by atoms with Crippen molar-refractivity contribution < 1.29 is 29.6 Å². The maximum absolute atomic E-state index is 10.3. The maximum Gasteiger partial charge on any atom is 0.327 e. The summed E-state index contributed by atoms with van der Waals surface area (Å²) in [6.07, 6.45) is 15.1. The highest BCUT2D eigenvalue weighted by Gasteiger charge is 2.34. The summed E-state index contributed by atoms with van der Waals surface area (Å²) in [6, 6.07) is 0. The Balaban J connectivity index is 1.80. The molecule has 28 heavy (non-hydrogen) atoms. The lowest BCUT2D eigenvalue weighted by atomic mass is 10.0. The van der Waals surface area contributed by atoms with Crippen LogP contribution in [0.4, 0.5) is 0 Å². The Labute approximate surface area is 169 Å². The van der Waals surface area contributed by atoms with E-state index < -0.39 is 24.5 Å². The number of carboxylic acid groups (broad SMARTS) is 1. The number of allylic oxidation sites excluding steroid dienone is 1. The van der Waals surface area contributed by atoms with E-state index in [9.17, 15) is 15.0 Å². The Hall–Kier alpha value is -0.950. The predicted octanol–water partition coefficient (Wildman–Crippen LogP) is 4.18. The van der Waals surface area contributed by atoms with Gasteiger partial charge in [0.25, 0.3) is 0 Å². The van der Waals surface area contributed by atoms with Gasteiger partial charge in [-0.2, -0.15) is 0 Å². The van der Waals surface area contributed by atoms with Crippen molar-refractivity contribution in [3.05, 3.63) is 12.2 Å². The molecular weight excluding hydrogens is 360 g/mol. The zero-order chi connectivity index (χ0) is 20.6. The van der Waals surface area contributed by atoms with Crippen molar-refractivity contribution >= 4 is 5.97 Å². The van der Waals surface area contributed by atoms with Crippen LogP contribution in [0.25, 0.3) is 0 Å². The summed E-state index contributed by atoms with van der Waals surface area (Å²) in [5, 5.41) is 28.0. The Bertz CT molecular complexity index is 425. The van der Waals surface area contributed by atoms with Gasteiger partial charge in [0.2, 0.25) is 0 Å². The monoisotopic (exact) mass is 400 g/mol. The van der Waals surface area contributed by atoms with E-state index in [1.807, 2.05) is 0 Å². The molecule has 0 spiro atoms. The third-order valence-corrected chi connectivity index (χ3v) is 5.25. The number of carbonyl (C=O) groups is 1. The summed E-state index contributed by atoms with van der Waals surface area (Å²) in [7, 11) is 0. The van der Waals surface area contributed by atoms with E-state index >= 15 is 0 Å². The van der Waals surface area contributed by atoms with Gasteiger partial charge in [0.1, 0.15) is 6.10 Å². The Morgan fingerprint density at radius 3 is 2.04 bits per heavy atom. The molecule has 0 aliphatic carbocycles. The average molecular weight is 401 g/mol. The third-order valence-electron chi connectivity index (χ3n) is 5.25. The molecule has 164 valence electrons. The Morgan fingerprint density at radius 1 is 0.929 bits per heavy atom. The molecule has 0 aromatic carbocycles. The highest BCUT2D eigenvalue weighted by molar-refractivity contribution is 5.79. The van der Waals surface area contributed by atoms with Crippen LogP contribution >= 0.6 is 0 Å². The zero-order valence-electron chi connectivity index (χ0n) is 17.4. The summed E-state index contributed by atoms with van der Waals surface area (Å²) in [5.41, 5.74) is 0. The first-order chi connectivity index (χ1) is 13.5. The molecular formula is C22H40O6. The molecule has 4 atom stereocenters. The van der Waals surface area contributed by atoms with E-state index in [1.165, 1.54) is 57.4 Å². The SMILES string of the molecule is CC1OC(OCCCCCCCCCCCCCC=CC(=O)O)C(O)CC1O. The van der Waals surface area contributed by atoms with Gasteiger partial charge < -0.3 is 24.8 Å². The topological polar surface area (TPSA) is 96.2 Å². The number of unbranched alkanes of at least 4 members (excludes halogenated alkanes) is 11. The maximum atomic E-state index is 10.3. The summed E-state index contributed by atoms with van der Waals surface area (Å²) in [5.74, 6) is -0.861. The van der Waals surface area contributed by atoms with Crippen LogP contribution in [0, 0.1) is 0 Å². The van der Waals surface area contributed by atoms with Crippen molar-refractivity contribution in [2.75, 3.05) is 6.61 Å². The van der Waals surface area contributed by atoms with E-state index in [-0.39, 0.29) is 6.10 Å². The highest BCUT2D eigenvalue weighted by Crippen LogP contribution is 2.21. The predicted molar refractivity (Wildman–Crippen MR) is 109 cm³/mol. The van der Waals surface area contributed by atoms with Crippen LogP contribution in [0.15, 0.2) is 12.2 Å². The molecule has 1 saturated heterocycles. The fourth-order valence-electron chi connectivity index (χ4n) is 3.43. The molecule has 0 aromatic rings. The van der Waals surface area contributed by atoms with Gasteiger partial charge in [0.15, 0.2) is 6.29 Å². The number of hydrogen-bond acceptors (Lipinski definition) is 5. The quantitative estimate of drug-likeness (QED) is 0.266. The molecule has 6 heteroatoms. The minimum atomic E-state index is -0.861. The van der Waals surface area contributed by atoms with Crippen LogP contribution < -0.4 is 0 Å². The number of rotatable bonds is 16. The largest absolute Gasteiger partial charge is 0.478 e. The number of ether oxygens (including phenoxy) is 2. The van der Waals surface area contributed by atoms with Gasteiger partial charge in [-0.05, 0) is 26.2 Å². The highest BCUT2D eigenvalue weighted by atomic mass is 16.7. The molecule has 0 amide bonds. The molecule has 1 fully saturated rings. The Kier molecular flexibility index (Phi) is 14.3. The molecule has 1 heterocycles. The molecule has 0 aromatic heterocycles. The summed E-state index contributed by atoms with van der Waals surface area (Å²) < 4.78 is 11.1. The third kappa shape index (κ3) is 12.5. The van der Waals surface area contributed by atoms with Crippen molar-refractivity contribution in [2.45, 2.75) is 115 Å². The fraction of sp³-hybridized carbons (Fsp3) is 0.864. The normalized spacial score (nSPS) is 25.4. The molecule has 0 bridgehead atoms. The van der Waals surface area contributed by atoms with E-state index in [2.05, 4.69) is 0 Å². The number of aliphatic hydroxyl groups excluding tert-OH is 2. The minimum Gasteiger partial charge on any atom is -0.478 e. The minimum absolute atomic E-state index is 0.290. The van der Waals surface area contributed by atoms with Crippen LogP contribution in [0.3, 0.4) is 0 Å². The number of aliphatic hydroxyl groups is 2.